The van der Waals surface area contributed by atoms with Crippen LogP contribution >= 0.6 is 0 Å². The number of anilines is 1. The molecule has 1 N–H and O–H groups in total. The summed E-state index contributed by atoms with van der Waals surface area (Å²) in [5.41, 5.74) is 3.51. The van der Waals surface area contributed by atoms with Crippen LogP contribution in [0.4, 0.5) is 5.95 Å². The van der Waals surface area contributed by atoms with E-state index in [1.54, 1.807) is 12.3 Å². The Hall–Kier alpha value is -3.42. The molecule has 0 radical (unpaired) electrons. The topological polar surface area (TPSA) is 95.6 Å². The van der Waals surface area contributed by atoms with E-state index in [0.29, 0.717) is 17.2 Å². The SMILES string of the molecule is N#Cc1ccc2[nH]cc(CCCCN3CCN(c4nccc(C#N)n4)CC3)c2c1. The number of hydrogen-bond donors (Lipinski definition) is 1. The van der Waals surface area contributed by atoms with Crippen molar-refractivity contribution in [3.63, 3.8) is 0 Å². The Morgan fingerprint density at radius 3 is 2.69 bits per heavy atom. The quantitative estimate of drug-likeness (QED) is 0.656. The minimum Gasteiger partial charge on any atom is -0.361 e. The van der Waals surface area contributed by atoms with Crippen LogP contribution in [0.3, 0.4) is 0 Å². The van der Waals surface area contributed by atoms with Crippen molar-refractivity contribution in [1.82, 2.24) is 19.9 Å². The van der Waals surface area contributed by atoms with E-state index in [1.165, 1.54) is 5.56 Å². The predicted octanol–water partition coefficient (Wildman–Crippen LogP) is 2.85. The number of fused-ring (bicyclic) bond motifs is 1. The van der Waals surface area contributed by atoms with Crippen molar-refractivity contribution >= 4 is 16.9 Å². The average Bonchev–Trinajstić information content (AvgIpc) is 3.19. The smallest absolute Gasteiger partial charge is 0.226 e. The maximum absolute atomic E-state index is 9.11. The first-order chi connectivity index (χ1) is 14.3. The molecule has 1 aliphatic heterocycles. The summed E-state index contributed by atoms with van der Waals surface area (Å²) in [5.74, 6) is 0.653. The van der Waals surface area contributed by atoms with E-state index in [4.69, 9.17) is 10.5 Å². The third-order valence-electron chi connectivity index (χ3n) is 5.48. The highest BCUT2D eigenvalue weighted by molar-refractivity contribution is 5.84. The van der Waals surface area contributed by atoms with Gasteiger partial charge in [-0.3, -0.25) is 4.90 Å². The number of nitrogens with one attached hydrogen (secondary N) is 1. The Bertz CT molecular complexity index is 1060. The molecule has 0 bridgehead atoms. The summed E-state index contributed by atoms with van der Waals surface area (Å²) in [4.78, 5) is 16.5. The van der Waals surface area contributed by atoms with Crippen molar-refractivity contribution < 1.29 is 0 Å². The number of nitriles is 2. The number of benzene rings is 1. The Balaban J connectivity index is 1.23. The van der Waals surface area contributed by atoms with Crippen LogP contribution in [0.15, 0.2) is 36.7 Å². The van der Waals surface area contributed by atoms with Crippen molar-refractivity contribution in [1.29, 1.82) is 10.5 Å². The molecule has 0 aliphatic carbocycles. The normalized spacial score (nSPS) is 14.6. The van der Waals surface area contributed by atoms with Crippen LogP contribution < -0.4 is 4.90 Å². The lowest BCUT2D eigenvalue weighted by atomic mass is 10.1. The Labute approximate surface area is 170 Å². The van der Waals surface area contributed by atoms with Gasteiger partial charge in [0.2, 0.25) is 5.95 Å². The molecular formula is C22H23N7. The standard InChI is InChI=1S/C22H23N7/c23-14-17-4-5-21-20(13-17)18(16-26-21)3-1-2-8-28-9-11-29(12-10-28)22-25-7-6-19(15-24)27-22/h4-7,13,16,26H,1-3,8-12H2. The average molecular weight is 385 g/mol. The molecule has 0 unspecified atom stereocenters. The van der Waals surface area contributed by atoms with E-state index in [2.05, 4.69) is 43.1 Å². The van der Waals surface area contributed by atoms with E-state index in [9.17, 15) is 0 Å². The monoisotopic (exact) mass is 385 g/mol. The van der Waals surface area contributed by atoms with Crippen LogP contribution in [0.1, 0.15) is 29.7 Å². The molecule has 0 saturated carbocycles. The molecule has 1 aromatic carbocycles. The molecule has 2 aromatic heterocycles. The van der Waals surface area contributed by atoms with E-state index in [1.807, 2.05) is 18.2 Å². The third kappa shape index (κ3) is 4.37. The molecule has 146 valence electrons. The van der Waals surface area contributed by atoms with Gasteiger partial charge in [-0.25, -0.2) is 9.97 Å². The fraction of sp³-hybridized carbons (Fsp3) is 0.364. The van der Waals surface area contributed by atoms with Crippen LogP contribution in [-0.2, 0) is 6.42 Å². The second-order valence-electron chi connectivity index (χ2n) is 7.33. The van der Waals surface area contributed by atoms with Crippen molar-refractivity contribution in [2.45, 2.75) is 19.3 Å². The molecule has 1 saturated heterocycles. The molecule has 3 heterocycles. The van der Waals surface area contributed by atoms with Gasteiger partial charge in [-0.1, -0.05) is 0 Å². The highest BCUT2D eigenvalue weighted by atomic mass is 15.3. The number of aromatic amines is 1. The van der Waals surface area contributed by atoms with E-state index < -0.39 is 0 Å². The van der Waals surface area contributed by atoms with Crippen molar-refractivity contribution in [3.05, 3.63) is 53.5 Å². The molecule has 7 nitrogen and oxygen atoms in total. The predicted molar refractivity (Wildman–Crippen MR) is 111 cm³/mol. The maximum Gasteiger partial charge on any atom is 0.226 e. The number of rotatable bonds is 6. The van der Waals surface area contributed by atoms with Gasteiger partial charge in [-0.2, -0.15) is 10.5 Å². The van der Waals surface area contributed by atoms with Crippen LogP contribution in [0.2, 0.25) is 0 Å². The number of nitrogens with zero attached hydrogens (tertiary/aromatic N) is 6. The Morgan fingerprint density at radius 1 is 1.03 bits per heavy atom. The Morgan fingerprint density at radius 2 is 1.90 bits per heavy atom. The van der Waals surface area contributed by atoms with Crippen LogP contribution in [0.5, 0.6) is 0 Å². The van der Waals surface area contributed by atoms with Gasteiger partial charge >= 0.3 is 0 Å². The van der Waals surface area contributed by atoms with Gasteiger partial charge < -0.3 is 9.88 Å². The first-order valence-electron chi connectivity index (χ1n) is 9.97. The lowest BCUT2D eigenvalue weighted by Crippen LogP contribution is -2.47. The molecule has 3 aromatic rings. The zero-order chi connectivity index (χ0) is 20.1. The molecule has 1 aliphatic rings. The van der Waals surface area contributed by atoms with Crippen molar-refractivity contribution in [2.75, 3.05) is 37.6 Å². The molecule has 0 amide bonds. The summed E-state index contributed by atoms with van der Waals surface area (Å²) in [5, 5.41) is 19.3. The molecule has 0 spiro atoms. The summed E-state index contributed by atoms with van der Waals surface area (Å²) < 4.78 is 0. The largest absolute Gasteiger partial charge is 0.361 e. The number of unbranched alkanes of at least 4 members (excludes halogenated alkanes) is 1. The van der Waals surface area contributed by atoms with E-state index in [-0.39, 0.29) is 0 Å². The number of aromatic nitrogens is 3. The molecule has 7 heteroatoms. The van der Waals surface area contributed by atoms with Crippen LogP contribution in [0.25, 0.3) is 10.9 Å². The summed E-state index contributed by atoms with van der Waals surface area (Å²) >= 11 is 0. The van der Waals surface area contributed by atoms with Gasteiger partial charge in [0, 0.05) is 49.5 Å². The van der Waals surface area contributed by atoms with Gasteiger partial charge in [-0.15, -0.1) is 0 Å². The number of H-pyrrole nitrogens is 1. The molecule has 1 fully saturated rings. The molecule has 4 rings (SSSR count). The lowest BCUT2D eigenvalue weighted by molar-refractivity contribution is 0.252. The second kappa shape index (κ2) is 8.72. The second-order valence-corrected chi connectivity index (χ2v) is 7.33. The minimum absolute atomic E-state index is 0.414. The summed E-state index contributed by atoms with van der Waals surface area (Å²) in [7, 11) is 0. The highest BCUT2D eigenvalue weighted by Gasteiger charge is 2.18. The molecule has 0 atom stereocenters. The van der Waals surface area contributed by atoms with E-state index >= 15 is 0 Å². The number of aryl methyl sites for hydroxylation is 1. The van der Waals surface area contributed by atoms with Gasteiger partial charge in [0.1, 0.15) is 11.8 Å². The van der Waals surface area contributed by atoms with E-state index in [0.717, 1.165) is 62.9 Å². The van der Waals surface area contributed by atoms with Gasteiger partial charge in [-0.05, 0) is 55.6 Å². The summed E-state index contributed by atoms with van der Waals surface area (Å²) in [6.07, 6.45) is 7.00. The molecular weight excluding hydrogens is 362 g/mol. The zero-order valence-corrected chi connectivity index (χ0v) is 16.3. The first-order valence-corrected chi connectivity index (χ1v) is 9.97. The van der Waals surface area contributed by atoms with Crippen molar-refractivity contribution in [3.8, 4) is 12.1 Å². The highest BCUT2D eigenvalue weighted by Crippen LogP contribution is 2.21. The lowest BCUT2D eigenvalue weighted by Gasteiger charge is -2.34. The first kappa shape index (κ1) is 18.9. The fourth-order valence-corrected chi connectivity index (χ4v) is 3.84. The van der Waals surface area contributed by atoms with Crippen LogP contribution in [-0.4, -0.2) is 52.6 Å². The van der Waals surface area contributed by atoms with Crippen molar-refractivity contribution in [2.24, 2.45) is 0 Å². The third-order valence-corrected chi connectivity index (χ3v) is 5.48. The number of piperazine rings is 1. The van der Waals surface area contributed by atoms with Gasteiger partial charge in [0.25, 0.3) is 0 Å². The van der Waals surface area contributed by atoms with Gasteiger partial charge in [0.15, 0.2) is 0 Å². The van der Waals surface area contributed by atoms with Gasteiger partial charge in [0.05, 0.1) is 11.6 Å². The minimum atomic E-state index is 0.414. The Kier molecular flexibility index (Phi) is 5.69. The van der Waals surface area contributed by atoms with Crippen LogP contribution in [0, 0.1) is 22.7 Å². The maximum atomic E-state index is 9.11. The summed E-state index contributed by atoms with van der Waals surface area (Å²) in [6, 6.07) is 11.7. The fourth-order valence-electron chi connectivity index (χ4n) is 3.84. The molecule has 29 heavy (non-hydrogen) atoms. The zero-order valence-electron chi connectivity index (χ0n) is 16.3. The number of hydrogen-bond acceptors (Lipinski definition) is 6. The summed E-state index contributed by atoms with van der Waals surface area (Å²) in [6.45, 7) is 4.82.